The van der Waals surface area contributed by atoms with Crippen LogP contribution >= 0.6 is 11.3 Å². The van der Waals surface area contributed by atoms with Gasteiger partial charge in [0, 0.05) is 66.0 Å². The molecule has 0 spiro atoms. The first-order valence-corrected chi connectivity index (χ1v) is 11.8. The number of rotatable bonds is 6. The van der Waals surface area contributed by atoms with Crippen molar-refractivity contribution in [3.8, 4) is 11.6 Å². The predicted octanol–water partition coefficient (Wildman–Crippen LogP) is 4.71. The molecular weight excluding hydrogens is 441 g/mol. The minimum absolute atomic E-state index is 0.123. The second-order valence-electron chi connectivity index (χ2n) is 8.21. The number of halogens is 1. The van der Waals surface area contributed by atoms with E-state index >= 15 is 0 Å². The van der Waals surface area contributed by atoms with Crippen LogP contribution in [-0.4, -0.2) is 58.1 Å². The summed E-state index contributed by atoms with van der Waals surface area (Å²) in [5.41, 5.74) is 1.69. The van der Waals surface area contributed by atoms with Gasteiger partial charge in [0.1, 0.15) is 5.82 Å². The van der Waals surface area contributed by atoms with Crippen molar-refractivity contribution >= 4 is 39.1 Å². The maximum atomic E-state index is 14.8. The van der Waals surface area contributed by atoms with E-state index in [0.29, 0.717) is 11.1 Å². The zero-order chi connectivity index (χ0) is 22.9. The normalized spacial score (nSPS) is 14.7. The van der Waals surface area contributed by atoms with Crippen molar-refractivity contribution in [2.75, 3.05) is 43.4 Å². The summed E-state index contributed by atoms with van der Waals surface area (Å²) in [6.07, 6.45) is 2.76. The summed E-state index contributed by atoms with van der Waals surface area (Å²) in [5.74, 6) is 1.06. The maximum Gasteiger partial charge on any atom is 0.234 e. The summed E-state index contributed by atoms with van der Waals surface area (Å²) in [4.78, 5) is 22.4. The van der Waals surface area contributed by atoms with Gasteiger partial charge < -0.3 is 19.5 Å². The van der Waals surface area contributed by atoms with Crippen LogP contribution in [0.15, 0.2) is 30.5 Å². The molecular formula is C23H26FN7OS. The molecule has 1 fully saturated rings. The first-order valence-electron chi connectivity index (χ1n) is 11.0. The van der Waals surface area contributed by atoms with Gasteiger partial charge in [-0.3, -0.25) is 5.32 Å². The molecule has 0 saturated carbocycles. The molecule has 0 aliphatic carbocycles. The Morgan fingerprint density at radius 2 is 1.97 bits per heavy atom. The van der Waals surface area contributed by atoms with Gasteiger partial charge in [0.25, 0.3) is 0 Å². The number of likely N-dealkylation sites (N-methyl/N-ethyl adjacent to an activating group) is 1. The van der Waals surface area contributed by atoms with Gasteiger partial charge in [-0.15, -0.1) is 11.3 Å². The van der Waals surface area contributed by atoms with Crippen LogP contribution in [0.2, 0.25) is 0 Å². The van der Waals surface area contributed by atoms with Crippen LogP contribution in [0.3, 0.4) is 0 Å². The van der Waals surface area contributed by atoms with E-state index in [9.17, 15) is 4.39 Å². The smallest absolute Gasteiger partial charge is 0.234 e. The van der Waals surface area contributed by atoms with Gasteiger partial charge in [0.05, 0.1) is 0 Å². The minimum atomic E-state index is -0.453. The quantitative estimate of drug-likeness (QED) is 0.425. The Morgan fingerprint density at radius 1 is 1.15 bits per heavy atom. The Balaban J connectivity index is 1.48. The lowest BCUT2D eigenvalue weighted by atomic mass is 10.2. The summed E-state index contributed by atoms with van der Waals surface area (Å²) in [6, 6.07) is 6.86. The summed E-state index contributed by atoms with van der Waals surface area (Å²) < 4.78 is 20.7. The predicted molar refractivity (Wildman–Crippen MR) is 130 cm³/mol. The molecule has 0 amide bonds. The lowest BCUT2D eigenvalue weighted by Gasteiger charge is -2.33. The molecule has 8 nitrogen and oxygen atoms in total. The fourth-order valence-corrected chi connectivity index (χ4v) is 4.56. The average molecular weight is 468 g/mol. The molecule has 1 aromatic carbocycles. The number of thiazole rings is 1. The molecule has 33 heavy (non-hydrogen) atoms. The Hall–Kier alpha value is -3.24. The minimum Gasteiger partial charge on any atom is -0.436 e. The molecule has 3 aromatic heterocycles. The number of fused-ring (bicyclic) bond motifs is 1. The zero-order valence-electron chi connectivity index (χ0n) is 18.9. The van der Waals surface area contributed by atoms with E-state index in [1.807, 2.05) is 19.2 Å². The number of H-pyrrole nitrogens is 1. The fraction of sp³-hybridized carbons (Fsp3) is 0.348. The standard InChI is InChI=1S/C23H26FN7OS/c1-4-16-13-25-23(33-16)29-22-27-20(31-7-5-30(3)6-8-31)12-21(28-22)32-19-10-15-9-14(2)26-18(15)11-17(19)24/h9-13,26H,4-8H2,1-3H3,(H,25,27,28,29). The van der Waals surface area contributed by atoms with Crippen molar-refractivity contribution in [2.24, 2.45) is 0 Å². The van der Waals surface area contributed by atoms with Gasteiger partial charge in [-0.25, -0.2) is 9.37 Å². The van der Waals surface area contributed by atoms with Crippen LogP contribution < -0.4 is 15.0 Å². The third-order valence-corrected chi connectivity index (χ3v) is 6.72. The fourth-order valence-electron chi connectivity index (χ4n) is 3.81. The lowest BCUT2D eigenvalue weighted by Crippen LogP contribution is -2.44. The van der Waals surface area contributed by atoms with Gasteiger partial charge in [-0.05, 0) is 32.5 Å². The third kappa shape index (κ3) is 4.76. The van der Waals surface area contributed by atoms with Crippen molar-refractivity contribution in [1.29, 1.82) is 0 Å². The van der Waals surface area contributed by atoms with Crippen LogP contribution in [-0.2, 0) is 6.42 Å². The van der Waals surface area contributed by atoms with E-state index in [4.69, 9.17) is 9.72 Å². The third-order valence-electron chi connectivity index (χ3n) is 5.66. The molecule has 5 rings (SSSR count). The van der Waals surface area contributed by atoms with Crippen molar-refractivity contribution < 1.29 is 9.13 Å². The second-order valence-corrected chi connectivity index (χ2v) is 9.33. The molecule has 10 heteroatoms. The Labute approximate surface area is 195 Å². The molecule has 2 N–H and O–H groups in total. The van der Waals surface area contributed by atoms with Crippen molar-refractivity contribution in [1.82, 2.24) is 24.8 Å². The number of aromatic nitrogens is 4. The highest BCUT2D eigenvalue weighted by Gasteiger charge is 2.19. The van der Waals surface area contributed by atoms with Crippen LogP contribution in [0.5, 0.6) is 11.6 Å². The molecule has 4 aromatic rings. The van der Waals surface area contributed by atoms with Crippen molar-refractivity contribution in [3.63, 3.8) is 0 Å². The van der Waals surface area contributed by atoms with Gasteiger partial charge in [0.2, 0.25) is 11.8 Å². The SMILES string of the molecule is CCc1cnc(Nc2nc(Oc3cc4cc(C)[nH]c4cc3F)cc(N3CCN(C)CC3)n2)s1. The van der Waals surface area contributed by atoms with Crippen LogP contribution in [0.25, 0.3) is 10.9 Å². The van der Waals surface area contributed by atoms with E-state index in [0.717, 1.165) is 55.0 Å². The monoisotopic (exact) mass is 467 g/mol. The van der Waals surface area contributed by atoms with E-state index in [1.54, 1.807) is 23.5 Å². The average Bonchev–Trinajstić information content (AvgIpc) is 3.39. The molecule has 1 saturated heterocycles. The van der Waals surface area contributed by atoms with Crippen molar-refractivity contribution in [2.45, 2.75) is 20.3 Å². The molecule has 0 atom stereocenters. The number of nitrogens with zero attached hydrogens (tertiary/aromatic N) is 5. The Morgan fingerprint density at radius 3 is 2.73 bits per heavy atom. The van der Waals surface area contributed by atoms with E-state index < -0.39 is 5.82 Å². The maximum absolute atomic E-state index is 14.8. The first-order chi connectivity index (χ1) is 16.0. The summed E-state index contributed by atoms with van der Waals surface area (Å²) in [7, 11) is 2.11. The van der Waals surface area contributed by atoms with Crippen LogP contribution in [0.4, 0.5) is 21.3 Å². The highest BCUT2D eigenvalue weighted by Crippen LogP contribution is 2.31. The number of piperazine rings is 1. The summed E-state index contributed by atoms with van der Waals surface area (Å²) >= 11 is 1.56. The van der Waals surface area contributed by atoms with Gasteiger partial charge in [-0.1, -0.05) is 6.92 Å². The highest BCUT2D eigenvalue weighted by atomic mass is 32.1. The lowest BCUT2D eigenvalue weighted by molar-refractivity contribution is 0.312. The van der Waals surface area contributed by atoms with Gasteiger partial charge >= 0.3 is 0 Å². The molecule has 0 unspecified atom stereocenters. The number of nitrogens with one attached hydrogen (secondary N) is 2. The highest BCUT2D eigenvalue weighted by molar-refractivity contribution is 7.15. The van der Waals surface area contributed by atoms with Crippen molar-refractivity contribution in [3.05, 3.63) is 46.9 Å². The molecule has 4 heterocycles. The Kier molecular flexibility index (Phi) is 5.86. The number of benzene rings is 1. The number of aromatic amines is 1. The molecule has 0 radical (unpaired) electrons. The van der Waals surface area contributed by atoms with Crippen LogP contribution in [0, 0.1) is 12.7 Å². The number of ether oxygens (including phenoxy) is 1. The second kappa shape index (κ2) is 8.95. The van der Waals surface area contributed by atoms with E-state index in [1.165, 1.54) is 10.9 Å². The topological polar surface area (TPSA) is 82.2 Å². The molecule has 0 bridgehead atoms. The largest absolute Gasteiger partial charge is 0.436 e. The summed E-state index contributed by atoms with van der Waals surface area (Å²) in [5, 5.41) is 4.78. The molecule has 1 aliphatic rings. The molecule has 1 aliphatic heterocycles. The van der Waals surface area contributed by atoms with E-state index in [2.05, 4.69) is 44.0 Å². The first kappa shape index (κ1) is 21.6. The van der Waals surface area contributed by atoms with Gasteiger partial charge in [0.15, 0.2) is 16.7 Å². The van der Waals surface area contributed by atoms with Gasteiger partial charge in [-0.2, -0.15) is 9.97 Å². The zero-order valence-corrected chi connectivity index (χ0v) is 19.7. The van der Waals surface area contributed by atoms with Crippen LogP contribution in [0.1, 0.15) is 17.5 Å². The Bertz CT molecular complexity index is 1280. The molecule has 172 valence electrons. The number of hydrogen-bond acceptors (Lipinski definition) is 8. The number of aryl methyl sites for hydroxylation is 2. The summed E-state index contributed by atoms with van der Waals surface area (Å²) in [6.45, 7) is 7.58. The van der Waals surface area contributed by atoms with E-state index in [-0.39, 0.29) is 11.6 Å². The number of hydrogen-bond donors (Lipinski definition) is 2. The number of anilines is 3.